The second-order valence-electron chi connectivity index (χ2n) is 16.5. The Hall–Kier alpha value is -6.55. The molecule has 1 aliphatic heterocycles. The van der Waals surface area contributed by atoms with Crippen LogP contribution in [0.5, 0.6) is 0 Å². The third kappa shape index (κ3) is 5.13. The van der Waals surface area contributed by atoms with Crippen LogP contribution in [-0.2, 0) is 5.41 Å². The second-order valence-corrected chi connectivity index (χ2v) is 17.7. The van der Waals surface area contributed by atoms with Crippen molar-refractivity contribution in [1.29, 1.82) is 0 Å². The van der Waals surface area contributed by atoms with Gasteiger partial charge < -0.3 is 0 Å². The van der Waals surface area contributed by atoms with Crippen molar-refractivity contribution in [3.8, 4) is 44.6 Å². The van der Waals surface area contributed by atoms with Crippen LogP contribution in [0.3, 0.4) is 0 Å². The van der Waals surface area contributed by atoms with Gasteiger partial charge in [-0.1, -0.05) is 166 Å². The minimum Gasteiger partial charge on any atom is -0.252 e. The molecule has 58 heavy (non-hydrogen) atoms. The van der Waals surface area contributed by atoms with Crippen molar-refractivity contribution >= 4 is 49.9 Å². The number of aromatic nitrogens is 2. The van der Waals surface area contributed by atoms with Gasteiger partial charge in [-0.15, -0.1) is 11.8 Å². The predicted octanol–water partition coefficient (Wildman–Crippen LogP) is 14.5. The summed E-state index contributed by atoms with van der Waals surface area (Å²) in [6, 6.07) is 57.8. The van der Waals surface area contributed by atoms with Gasteiger partial charge in [0.05, 0.1) is 22.9 Å². The van der Waals surface area contributed by atoms with E-state index in [0.717, 1.165) is 33.1 Å². The van der Waals surface area contributed by atoms with Crippen molar-refractivity contribution < 1.29 is 0 Å². The Kier molecular flexibility index (Phi) is 7.37. The Morgan fingerprint density at radius 2 is 1.10 bits per heavy atom. The lowest BCUT2D eigenvalue weighted by Gasteiger charge is -2.24. The molecule has 2 unspecified atom stereocenters. The van der Waals surface area contributed by atoms with Crippen LogP contribution < -0.4 is 0 Å². The van der Waals surface area contributed by atoms with Gasteiger partial charge in [0.15, 0.2) is 0 Å². The minimum absolute atomic E-state index is 0.119. The summed E-state index contributed by atoms with van der Waals surface area (Å²) in [7, 11) is 0. The molecule has 0 bridgehead atoms. The van der Waals surface area contributed by atoms with Crippen LogP contribution in [0, 0.1) is 0 Å². The van der Waals surface area contributed by atoms with Gasteiger partial charge in [0.1, 0.15) is 0 Å². The maximum atomic E-state index is 5.21. The molecule has 2 nitrogen and oxygen atoms in total. The number of benzene rings is 8. The summed E-state index contributed by atoms with van der Waals surface area (Å²) in [5.74, 6) is 0.428. The molecule has 1 aromatic heterocycles. The zero-order valence-corrected chi connectivity index (χ0v) is 33.1. The highest BCUT2D eigenvalue weighted by atomic mass is 32.2. The Labute approximate surface area is 342 Å². The van der Waals surface area contributed by atoms with Crippen molar-refractivity contribution in [2.45, 2.75) is 35.3 Å². The van der Waals surface area contributed by atoms with Crippen LogP contribution in [-0.4, -0.2) is 15.2 Å². The van der Waals surface area contributed by atoms with E-state index >= 15 is 0 Å². The fraction of sp³-hybridized carbons (Fsp3) is 0.0909. The monoisotopic (exact) mass is 758 g/mol. The summed E-state index contributed by atoms with van der Waals surface area (Å²) in [4.78, 5) is 11.6. The van der Waals surface area contributed by atoms with Gasteiger partial charge in [0.25, 0.3) is 0 Å². The molecule has 0 fully saturated rings. The summed E-state index contributed by atoms with van der Waals surface area (Å²) in [5.41, 5.74) is 18.1. The average Bonchev–Trinajstić information content (AvgIpc) is 3.77. The van der Waals surface area contributed by atoms with Gasteiger partial charge in [-0.3, -0.25) is 4.98 Å². The SMILES string of the molecule is CC1(C)c2cc(C3=CC4c5ccccc5SC4C=C3)ccc2-c2ccc(-c3cccc(-c4ccc(-c5cnc6c7ccccc7c7ccccc7c6n5)cc4)c3)cc21. The van der Waals surface area contributed by atoms with Crippen LogP contribution in [0.1, 0.15) is 42.0 Å². The number of thioether (sulfide) groups is 1. The Balaban J connectivity index is 0.840. The molecule has 3 aliphatic rings. The van der Waals surface area contributed by atoms with Gasteiger partial charge in [0.2, 0.25) is 0 Å². The number of hydrogen-bond acceptors (Lipinski definition) is 3. The summed E-state index contributed by atoms with van der Waals surface area (Å²) in [5, 5.41) is 5.16. The molecule has 0 amide bonds. The lowest BCUT2D eigenvalue weighted by molar-refractivity contribution is 0.660. The fourth-order valence-corrected chi connectivity index (χ4v) is 11.1. The first kappa shape index (κ1) is 33.6. The number of fused-ring (bicyclic) bond motifs is 12. The quantitative estimate of drug-likeness (QED) is 0.167. The molecule has 12 rings (SSSR count). The molecule has 274 valence electrons. The molecular weight excluding hydrogens is 721 g/mol. The highest BCUT2D eigenvalue weighted by Gasteiger charge is 2.37. The highest BCUT2D eigenvalue weighted by molar-refractivity contribution is 8.00. The van der Waals surface area contributed by atoms with E-state index in [1.165, 1.54) is 76.9 Å². The zero-order chi connectivity index (χ0) is 38.5. The van der Waals surface area contributed by atoms with Gasteiger partial charge >= 0.3 is 0 Å². The van der Waals surface area contributed by atoms with Gasteiger partial charge in [-0.2, -0.15) is 0 Å². The van der Waals surface area contributed by atoms with Crippen LogP contribution in [0.2, 0.25) is 0 Å². The van der Waals surface area contributed by atoms with E-state index in [2.05, 4.69) is 190 Å². The molecule has 3 heteroatoms. The third-order valence-electron chi connectivity index (χ3n) is 12.9. The first-order valence-corrected chi connectivity index (χ1v) is 21.1. The molecule has 0 spiro atoms. The van der Waals surface area contributed by atoms with E-state index in [0.29, 0.717) is 11.2 Å². The Bertz CT molecular complexity index is 3210. The zero-order valence-electron chi connectivity index (χ0n) is 32.3. The minimum atomic E-state index is -0.119. The lowest BCUT2D eigenvalue weighted by Crippen LogP contribution is -2.15. The maximum absolute atomic E-state index is 5.21. The molecule has 2 heterocycles. The number of hydrogen-bond donors (Lipinski definition) is 0. The summed E-state index contributed by atoms with van der Waals surface area (Å²) in [6.07, 6.45) is 9.17. The molecule has 0 radical (unpaired) electrons. The van der Waals surface area contributed by atoms with Gasteiger partial charge in [0, 0.05) is 37.8 Å². The average molecular weight is 759 g/mol. The maximum Gasteiger partial charge on any atom is 0.0979 e. The number of allylic oxidation sites excluding steroid dienone is 3. The fourth-order valence-electron chi connectivity index (χ4n) is 9.81. The van der Waals surface area contributed by atoms with E-state index in [1.54, 1.807) is 0 Å². The number of nitrogens with zero attached hydrogens (tertiary/aromatic N) is 2. The Morgan fingerprint density at radius 1 is 0.517 bits per heavy atom. The van der Waals surface area contributed by atoms with E-state index in [1.807, 2.05) is 18.0 Å². The molecule has 9 aromatic rings. The van der Waals surface area contributed by atoms with Crippen LogP contribution >= 0.6 is 11.8 Å². The smallest absolute Gasteiger partial charge is 0.0979 e. The standard InChI is InChI=1S/C55H38N2S/c1-55(2)48-30-38(22-25-42(48)43-26-23-39(31-49(43)55)37-24-27-52-47(29-37)44-14-7-8-17-51(44)58-52)36-11-9-10-35(28-36)33-18-20-34(21-19-33)50-32-56-53-45-15-5-3-12-40(45)41-13-4-6-16-46(41)54(53)57-50/h3-32,47,52H,1-2H3. The second kappa shape index (κ2) is 12.7. The first-order chi connectivity index (χ1) is 28.5. The van der Waals surface area contributed by atoms with E-state index in [4.69, 9.17) is 9.97 Å². The van der Waals surface area contributed by atoms with Crippen LogP contribution in [0.15, 0.2) is 187 Å². The van der Waals surface area contributed by atoms with Crippen LogP contribution in [0.4, 0.5) is 0 Å². The Morgan fingerprint density at radius 3 is 1.86 bits per heavy atom. The number of rotatable bonds is 4. The molecule has 2 aliphatic carbocycles. The van der Waals surface area contributed by atoms with Gasteiger partial charge in [-0.05, 0) is 96.2 Å². The molecular formula is C55H38N2S. The van der Waals surface area contributed by atoms with Crippen molar-refractivity contribution in [2.75, 3.05) is 0 Å². The largest absolute Gasteiger partial charge is 0.252 e. The molecule has 2 atom stereocenters. The molecule has 0 saturated carbocycles. The van der Waals surface area contributed by atoms with Crippen molar-refractivity contribution in [3.63, 3.8) is 0 Å². The van der Waals surface area contributed by atoms with E-state index in [-0.39, 0.29) is 5.41 Å². The summed E-state index contributed by atoms with van der Waals surface area (Å²) in [6.45, 7) is 4.78. The summed E-state index contributed by atoms with van der Waals surface area (Å²) >= 11 is 1.99. The molecule has 8 aromatic carbocycles. The summed E-state index contributed by atoms with van der Waals surface area (Å²) < 4.78 is 0. The van der Waals surface area contributed by atoms with Crippen molar-refractivity contribution in [3.05, 3.63) is 204 Å². The topological polar surface area (TPSA) is 25.8 Å². The van der Waals surface area contributed by atoms with E-state index < -0.39 is 0 Å². The lowest BCUT2D eigenvalue weighted by atomic mass is 9.80. The molecule has 0 saturated heterocycles. The van der Waals surface area contributed by atoms with E-state index in [9.17, 15) is 0 Å². The molecule has 0 N–H and O–H groups in total. The normalized spacial score (nSPS) is 17.2. The first-order valence-electron chi connectivity index (χ1n) is 20.2. The third-order valence-corrected chi connectivity index (χ3v) is 14.2. The van der Waals surface area contributed by atoms with Crippen LogP contribution in [0.25, 0.3) is 82.8 Å². The highest BCUT2D eigenvalue weighted by Crippen LogP contribution is 2.52. The van der Waals surface area contributed by atoms with Crippen molar-refractivity contribution in [2.24, 2.45) is 0 Å². The van der Waals surface area contributed by atoms with Crippen molar-refractivity contribution in [1.82, 2.24) is 9.97 Å². The van der Waals surface area contributed by atoms with Gasteiger partial charge in [-0.25, -0.2) is 4.98 Å². The predicted molar refractivity (Wildman–Crippen MR) is 244 cm³/mol.